The molecule has 26 heavy (non-hydrogen) atoms. The molecule has 0 aliphatic rings. The molecule has 0 amide bonds. The summed E-state index contributed by atoms with van der Waals surface area (Å²) in [5.41, 5.74) is 5.47. The highest BCUT2D eigenvalue weighted by Gasteiger charge is 2.17. The standard InChI is InChI=1S/C23H21NO2/c1-14-11-19(24-13-18(14)23(2,3)4)15-9-10-21-17(12-15)22(25)16-7-5-6-8-20(16)26-21/h5-13H,1-4H3. The van der Waals surface area contributed by atoms with Gasteiger partial charge in [-0.15, -0.1) is 0 Å². The average molecular weight is 343 g/mol. The Kier molecular flexibility index (Phi) is 3.69. The fraction of sp³-hybridized carbons (Fsp3) is 0.217. The second-order valence-electron chi connectivity index (χ2n) is 7.77. The highest BCUT2D eigenvalue weighted by atomic mass is 16.3. The van der Waals surface area contributed by atoms with Gasteiger partial charge in [0.15, 0.2) is 0 Å². The fourth-order valence-electron chi connectivity index (χ4n) is 3.46. The largest absolute Gasteiger partial charge is 0.456 e. The van der Waals surface area contributed by atoms with E-state index < -0.39 is 0 Å². The van der Waals surface area contributed by atoms with Crippen LogP contribution in [-0.2, 0) is 5.41 Å². The molecular formula is C23H21NO2. The molecule has 130 valence electrons. The Labute approximate surface area is 152 Å². The van der Waals surface area contributed by atoms with Crippen LogP contribution in [0.15, 0.2) is 63.9 Å². The molecule has 0 spiro atoms. The first-order chi connectivity index (χ1) is 12.3. The lowest BCUT2D eigenvalue weighted by molar-refractivity contribution is 0.583. The van der Waals surface area contributed by atoms with Crippen LogP contribution in [0.5, 0.6) is 0 Å². The summed E-state index contributed by atoms with van der Waals surface area (Å²) in [6.07, 6.45) is 1.94. The zero-order valence-corrected chi connectivity index (χ0v) is 15.5. The van der Waals surface area contributed by atoms with Crippen LogP contribution in [0.25, 0.3) is 33.2 Å². The Hall–Kier alpha value is -2.94. The molecule has 0 unspecified atom stereocenters. The van der Waals surface area contributed by atoms with Crippen LogP contribution in [0.1, 0.15) is 31.9 Å². The van der Waals surface area contributed by atoms with Crippen molar-refractivity contribution >= 4 is 21.9 Å². The smallest absolute Gasteiger partial charge is 0.200 e. The lowest BCUT2D eigenvalue weighted by atomic mass is 9.85. The minimum atomic E-state index is -0.00765. The molecular weight excluding hydrogens is 322 g/mol. The van der Waals surface area contributed by atoms with E-state index in [0.29, 0.717) is 21.9 Å². The first-order valence-corrected chi connectivity index (χ1v) is 8.78. The highest BCUT2D eigenvalue weighted by molar-refractivity contribution is 5.91. The topological polar surface area (TPSA) is 43.1 Å². The van der Waals surface area contributed by atoms with Crippen LogP contribution in [0.2, 0.25) is 0 Å². The minimum Gasteiger partial charge on any atom is -0.456 e. The van der Waals surface area contributed by atoms with Gasteiger partial charge in [-0.3, -0.25) is 9.78 Å². The SMILES string of the molecule is Cc1cc(-c2ccc3oc4ccccc4c(=O)c3c2)ncc1C(C)(C)C. The number of pyridine rings is 1. The molecule has 4 rings (SSSR count). The monoisotopic (exact) mass is 343 g/mol. The number of hydrogen-bond acceptors (Lipinski definition) is 3. The summed E-state index contributed by atoms with van der Waals surface area (Å²) in [7, 11) is 0. The van der Waals surface area contributed by atoms with Crippen LogP contribution in [0.3, 0.4) is 0 Å². The van der Waals surface area contributed by atoms with Gasteiger partial charge in [-0.25, -0.2) is 0 Å². The Balaban J connectivity index is 1.90. The molecule has 0 fully saturated rings. The van der Waals surface area contributed by atoms with Crippen molar-refractivity contribution in [3.05, 3.63) is 76.1 Å². The van der Waals surface area contributed by atoms with Gasteiger partial charge in [-0.05, 0) is 59.9 Å². The number of aromatic nitrogens is 1. The van der Waals surface area contributed by atoms with Gasteiger partial charge in [0, 0.05) is 11.8 Å². The van der Waals surface area contributed by atoms with Gasteiger partial charge < -0.3 is 4.42 Å². The molecule has 3 heteroatoms. The lowest BCUT2D eigenvalue weighted by Crippen LogP contribution is -2.13. The quantitative estimate of drug-likeness (QED) is 0.422. The number of para-hydroxylation sites is 1. The van der Waals surface area contributed by atoms with Gasteiger partial charge >= 0.3 is 0 Å². The molecule has 0 radical (unpaired) electrons. The van der Waals surface area contributed by atoms with Crippen molar-refractivity contribution in [2.24, 2.45) is 0 Å². The maximum absolute atomic E-state index is 12.8. The molecule has 2 aromatic carbocycles. The first kappa shape index (κ1) is 16.5. The van der Waals surface area contributed by atoms with Crippen molar-refractivity contribution in [3.8, 4) is 11.3 Å². The van der Waals surface area contributed by atoms with Crippen LogP contribution < -0.4 is 5.43 Å². The van der Waals surface area contributed by atoms with Crippen molar-refractivity contribution in [2.45, 2.75) is 33.1 Å². The Morgan fingerprint density at radius 2 is 1.65 bits per heavy atom. The highest BCUT2D eigenvalue weighted by Crippen LogP contribution is 2.29. The summed E-state index contributed by atoms with van der Waals surface area (Å²) < 4.78 is 5.88. The Bertz CT molecular complexity index is 1200. The third kappa shape index (κ3) is 2.70. The van der Waals surface area contributed by atoms with Crippen LogP contribution in [0.4, 0.5) is 0 Å². The maximum atomic E-state index is 12.8. The van der Waals surface area contributed by atoms with Gasteiger partial charge in [0.25, 0.3) is 0 Å². The molecule has 0 bridgehead atoms. The van der Waals surface area contributed by atoms with Gasteiger partial charge in [0.1, 0.15) is 11.2 Å². The van der Waals surface area contributed by atoms with Gasteiger partial charge in [0.2, 0.25) is 5.43 Å². The zero-order valence-electron chi connectivity index (χ0n) is 15.5. The summed E-state index contributed by atoms with van der Waals surface area (Å²) in [6, 6.07) is 15.1. The van der Waals surface area contributed by atoms with Crippen molar-refractivity contribution < 1.29 is 4.42 Å². The third-order valence-corrected chi connectivity index (χ3v) is 4.79. The van der Waals surface area contributed by atoms with Gasteiger partial charge in [0.05, 0.1) is 16.5 Å². The minimum absolute atomic E-state index is 0.00765. The molecule has 2 aromatic heterocycles. The van der Waals surface area contributed by atoms with E-state index in [4.69, 9.17) is 4.42 Å². The predicted molar refractivity (Wildman–Crippen MR) is 107 cm³/mol. The molecule has 4 aromatic rings. The number of fused-ring (bicyclic) bond motifs is 2. The van der Waals surface area contributed by atoms with Crippen LogP contribution >= 0.6 is 0 Å². The summed E-state index contributed by atoms with van der Waals surface area (Å²) in [4.78, 5) is 17.5. The molecule has 3 nitrogen and oxygen atoms in total. The van der Waals surface area contributed by atoms with Crippen molar-refractivity contribution in [2.75, 3.05) is 0 Å². The van der Waals surface area contributed by atoms with E-state index in [1.54, 1.807) is 6.07 Å². The van der Waals surface area contributed by atoms with Gasteiger partial charge in [-0.2, -0.15) is 0 Å². The fourth-order valence-corrected chi connectivity index (χ4v) is 3.46. The van der Waals surface area contributed by atoms with E-state index in [1.807, 2.05) is 42.6 Å². The number of rotatable bonds is 1. The van der Waals surface area contributed by atoms with Gasteiger partial charge in [-0.1, -0.05) is 32.9 Å². The molecule has 0 aliphatic heterocycles. The molecule has 0 saturated heterocycles. The van der Waals surface area contributed by atoms with Crippen LogP contribution in [0, 0.1) is 6.92 Å². The third-order valence-electron chi connectivity index (χ3n) is 4.79. The van der Waals surface area contributed by atoms with E-state index >= 15 is 0 Å². The Morgan fingerprint density at radius 1 is 0.923 bits per heavy atom. The number of hydrogen-bond donors (Lipinski definition) is 0. The van der Waals surface area contributed by atoms with E-state index in [9.17, 15) is 4.79 Å². The normalized spacial score (nSPS) is 12.0. The van der Waals surface area contributed by atoms with Crippen molar-refractivity contribution in [1.29, 1.82) is 0 Å². The zero-order chi connectivity index (χ0) is 18.5. The molecule has 0 saturated carbocycles. The summed E-state index contributed by atoms with van der Waals surface area (Å²) in [5, 5.41) is 1.19. The summed E-state index contributed by atoms with van der Waals surface area (Å²) in [6.45, 7) is 8.66. The second-order valence-corrected chi connectivity index (χ2v) is 7.77. The Morgan fingerprint density at radius 3 is 2.38 bits per heavy atom. The summed E-state index contributed by atoms with van der Waals surface area (Å²) >= 11 is 0. The average Bonchev–Trinajstić information content (AvgIpc) is 2.60. The first-order valence-electron chi connectivity index (χ1n) is 8.78. The second kappa shape index (κ2) is 5.80. The van der Waals surface area contributed by atoms with E-state index in [2.05, 4.69) is 38.7 Å². The lowest BCUT2D eigenvalue weighted by Gasteiger charge is -2.21. The van der Waals surface area contributed by atoms with Crippen molar-refractivity contribution in [1.82, 2.24) is 4.98 Å². The maximum Gasteiger partial charge on any atom is 0.200 e. The van der Waals surface area contributed by atoms with E-state index in [1.165, 1.54) is 11.1 Å². The predicted octanol–water partition coefficient (Wildman–Crippen LogP) is 5.61. The molecule has 0 aliphatic carbocycles. The number of nitrogens with zero attached hydrogens (tertiary/aromatic N) is 1. The number of aryl methyl sites for hydroxylation is 1. The van der Waals surface area contributed by atoms with Crippen LogP contribution in [-0.4, -0.2) is 4.98 Å². The van der Waals surface area contributed by atoms with E-state index in [-0.39, 0.29) is 10.8 Å². The molecule has 0 N–H and O–H groups in total. The molecule has 0 atom stereocenters. The number of benzene rings is 2. The summed E-state index contributed by atoms with van der Waals surface area (Å²) in [5.74, 6) is 0. The van der Waals surface area contributed by atoms with Crippen molar-refractivity contribution in [3.63, 3.8) is 0 Å². The molecule has 2 heterocycles. The van der Waals surface area contributed by atoms with E-state index in [0.717, 1.165) is 11.3 Å².